The number of carbonyl (C=O) groups is 1. The monoisotopic (exact) mass is 328 g/mol. The molecule has 0 bridgehead atoms. The maximum absolute atomic E-state index is 12.3. The van der Waals surface area contributed by atoms with Crippen molar-refractivity contribution in [3.05, 3.63) is 39.2 Å². The number of halogens is 2. The molecule has 1 aromatic heterocycles. The van der Waals surface area contributed by atoms with Crippen LogP contribution in [-0.4, -0.2) is 11.9 Å². The van der Waals surface area contributed by atoms with Crippen molar-refractivity contribution in [3.8, 4) is 11.1 Å². The van der Waals surface area contributed by atoms with E-state index in [-0.39, 0.29) is 11.9 Å². The van der Waals surface area contributed by atoms with Crippen LogP contribution >= 0.6 is 34.5 Å². The summed E-state index contributed by atoms with van der Waals surface area (Å²) in [6, 6.07) is 5.21. The minimum Gasteiger partial charge on any atom is -0.390 e. The van der Waals surface area contributed by atoms with Crippen LogP contribution in [0.3, 0.4) is 0 Å². The Morgan fingerprint density at radius 3 is 2.60 bits per heavy atom. The average molecular weight is 329 g/mol. The molecule has 1 amide bonds. The second-order valence-corrected chi connectivity index (χ2v) is 6.40. The quantitative estimate of drug-likeness (QED) is 0.874. The van der Waals surface area contributed by atoms with Crippen molar-refractivity contribution in [2.24, 2.45) is 0 Å². The molecule has 1 heterocycles. The van der Waals surface area contributed by atoms with Crippen LogP contribution in [0, 0.1) is 0 Å². The zero-order valence-corrected chi connectivity index (χ0v) is 13.4. The van der Waals surface area contributed by atoms with Gasteiger partial charge in [-0.05, 0) is 26.0 Å². The van der Waals surface area contributed by atoms with E-state index < -0.39 is 0 Å². The maximum atomic E-state index is 12.3. The largest absolute Gasteiger partial charge is 0.390 e. The number of nitrogens with two attached hydrogens (primary N) is 1. The normalized spacial score (nSPS) is 10.8. The van der Waals surface area contributed by atoms with Crippen molar-refractivity contribution < 1.29 is 4.79 Å². The fourth-order valence-electron chi connectivity index (χ4n) is 1.85. The Morgan fingerprint density at radius 1 is 1.30 bits per heavy atom. The summed E-state index contributed by atoms with van der Waals surface area (Å²) in [4.78, 5) is 12.3. The van der Waals surface area contributed by atoms with Crippen LogP contribution in [0.4, 0.5) is 5.00 Å². The minimum absolute atomic E-state index is 0.0374. The molecule has 20 heavy (non-hydrogen) atoms. The number of carbonyl (C=O) groups excluding carboxylic acids is 1. The zero-order valence-electron chi connectivity index (χ0n) is 11.0. The van der Waals surface area contributed by atoms with Crippen molar-refractivity contribution in [1.82, 2.24) is 5.32 Å². The van der Waals surface area contributed by atoms with E-state index in [1.807, 2.05) is 19.2 Å². The number of hydrogen-bond donors (Lipinski definition) is 2. The summed E-state index contributed by atoms with van der Waals surface area (Å²) >= 11 is 13.4. The topological polar surface area (TPSA) is 55.1 Å². The first-order chi connectivity index (χ1) is 9.40. The van der Waals surface area contributed by atoms with Gasteiger partial charge >= 0.3 is 0 Å². The zero-order chi connectivity index (χ0) is 14.9. The molecule has 0 aliphatic rings. The van der Waals surface area contributed by atoms with Gasteiger partial charge in [-0.2, -0.15) is 0 Å². The highest BCUT2D eigenvalue weighted by molar-refractivity contribution is 7.15. The predicted molar refractivity (Wildman–Crippen MR) is 86.8 cm³/mol. The molecule has 0 saturated heterocycles. The minimum atomic E-state index is -0.195. The molecule has 0 fully saturated rings. The lowest BCUT2D eigenvalue weighted by atomic mass is 10.0. The third-order valence-corrected chi connectivity index (χ3v) is 4.05. The van der Waals surface area contributed by atoms with Gasteiger partial charge in [-0.25, -0.2) is 0 Å². The maximum Gasteiger partial charge on any atom is 0.255 e. The highest BCUT2D eigenvalue weighted by atomic mass is 35.5. The number of benzene rings is 1. The number of thiophene rings is 1. The lowest BCUT2D eigenvalue weighted by Crippen LogP contribution is -2.30. The molecule has 0 atom stereocenters. The number of rotatable bonds is 3. The SMILES string of the molecule is CC(C)NC(=O)c1c(-c2ccc(Cl)cc2Cl)csc1N. The summed E-state index contributed by atoms with van der Waals surface area (Å²) in [6.45, 7) is 3.80. The molecular formula is C14H14Cl2N2OS. The highest BCUT2D eigenvalue weighted by Crippen LogP contribution is 2.38. The van der Waals surface area contributed by atoms with Crippen molar-refractivity contribution in [2.75, 3.05) is 5.73 Å². The molecule has 0 aliphatic heterocycles. The predicted octanol–water partition coefficient (Wildman–Crippen LogP) is 4.44. The number of amides is 1. The van der Waals surface area contributed by atoms with Crippen molar-refractivity contribution in [2.45, 2.75) is 19.9 Å². The molecule has 2 aromatic rings. The third kappa shape index (κ3) is 3.08. The van der Waals surface area contributed by atoms with Crippen molar-refractivity contribution in [3.63, 3.8) is 0 Å². The van der Waals surface area contributed by atoms with E-state index in [4.69, 9.17) is 28.9 Å². The summed E-state index contributed by atoms with van der Waals surface area (Å²) in [7, 11) is 0. The summed E-state index contributed by atoms with van der Waals surface area (Å²) < 4.78 is 0. The average Bonchev–Trinajstić information content (AvgIpc) is 2.70. The van der Waals surface area contributed by atoms with E-state index in [2.05, 4.69) is 5.32 Å². The summed E-state index contributed by atoms with van der Waals surface area (Å²) in [5, 5.41) is 6.20. The lowest BCUT2D eigenvalue weighted by Gasteiger charge is -2.11. The van der Waals surface area contributed by atoms with Gasteiger partial charge in [0.1, 0.15) is 0 Å². The Morgan fingerprint density at radius 2 is 2.00 bits per heavy atom. The van der Waals surface area contributed by atoms with Gasteiger partial charge in [0.15, 0.2) is 0 Å². The van der Waals surface area contributed by atoms with Gasteiger partial charge in [-0.15, -0.1) is 11.3 Å². The van der Waals surface area contributed by atoms with Crippen LogP contribution in [0.5, 0.6) is 0 Å². The van der Waals surface area contributed by atoms with Gasteiger partial charge in [0, 0.05) is 32.6 Å². The Balaban J connectivity index is 2.50. The number of anilines is 1. The molecular weight excluding hydrogens is 315 g/mol. The third-order valence-electron chi connectivity index (χ3n) is 2.69. The molecule has 1 aromatic carbocycles. The van der Waals surface area contributed by atoms with Gasteiger partial charge in [0.05, 0.1) is 10.6 Å². The van der Waals surface area contributed by atoms with E-state index in [1.165, 1.54) is 11.3 Å². The molecule has 0 radical (unpaired) electrons. The fraction of sp³-hybridized carbons (Fsp3) is 0.214. The van der Waals surface area contributed by atoms with E-state index in [0.717, 1.165) is 11.1 Å². The second-order valence-electron chi connectivity index (χ2n) is 4.64. The van der Waals surface area contributed by atoms with Crippen LogP contribution in [0.15, 0.2) is 23.6 Å². The molecule has 106 valence electrons. The first kappa shape index (κ1) is 15.2. The molecule has 0 spiro atoms. The van der Waals surface area contributed by atoms with Crippen molar-refractivity contribution in [1.29, 1.82) is 0 Å². The summed E-state index contributed by atoms with van der Waals surface area (Å²) in [5.74, 6) is -0.195. The molecule has 0 saturated carbocycles. The van der Waals surface area contributed by atoms with Crippen LogP contribution < -0.4 is 11.1 Å². The summed E-state index contributed by atoms with van der Waals surface area (Å²) in [5.41, 5.74) is 7.87. The number of nitrogen functional groups attached to an aromatic ring is 1. The number of nitrogens with one attached hydrogen (secondary N) is 1. The Labute approximate surface area is 131 Å². The molecule has 2 rings (SSSR count). The molecule has 3 N–H and O–H groups in total. The smallest absolute Gasteiger partial charge is 0.255 e. The van der Waals surface area contributed by atoms with Crippen LogP contribution in [0.25, 0.3) is 11.1 Å². The van der Waals surface area contributed by atoms with Gasteiger partial charge < -0.3 is 11.1 Å². The van der Waals surface area contributed by atoms with Gasteiger partial charge in [0.2, 0.25) is 0 Å². The number of hydrogen-bond acceptors (Lipinski definition) is 3. The van der Waals surface area contributed by atoms with E-state index in [9.17, 15) is 4.79 Å². The van der Waals surface area contributed by atoms with E-state index >= 15 is 0 Å². The second kappa shape index (κ2) is 6.04. The van der Waals surface area contributed by atoms with Crippen LogP contribution in [0.2, 0.25) is 10.0 Å². The Hall–Kier alpha value is -1.23. The van der Waals surface area contributed by atoms with Gasteiger partial charge in [-0.3, -0.25) is 4.79 Å². The first-order valence-electron chi connectivity index (χ1n) is 6.03. The van der Waals surface area contributed by atoms with E-state index in [1.54, 1.807) is 18.2 Å². The fourth-order valence-corrected chi connectivity index (χ4v) is 3.17. The van der Waals surface area contributed by atoms with Gasteiger partial charge in [-0.1, -0.05) is 29.3 Å². The van der Waals surface area contributed by atoms with E-state index in [0.29, 0.717) is 20.6 Å². The first-order valence-corrected chi connectivity index (χ1v) is 7.67. The summed E-state index contributed by atoms with van der Waals surface area (Å²) in [6.07, 6.45) is 0. The molecule has 0 unspecified atom stereocenters. The molecule has 6 heteroatoms. The molecule has 0 aliphatic carbocycles. The van der Waals surface area contributed by atoms with Crippen LogP contribution in [0.1, 0.15) is 24.2 Å². The Kier molecular flexibility index (Phi) is 4.58. The lowest BCUT2D eigenvalue weighted by molar-refractivity contribution is 0.0945. The van der Waals surface area contributed by atoms with Crippen molar-refractivity contribution >= 4 is 45.4 Å². The molecule has 3 nitrogen and oxygen atoms in total. The highest BCUT2D eigenvalue weighted by Gasteiger charge is 2.20. The standard InChI is InChI=1S/C14H14Cl2N2OS/c1-7(2)18-14(19)12-10(6-20-13(12)17)9-4-3-8(15)5-11(9)16/h3-7H,17H2,1-2H3,(H,18,19). The Bertz CT molecular complexity index is 653. The van der Waals surface area contributed by atoms with Crippen LogP contribution in [-0.2, 0) is 0 Å². The van der Waals surface area contributed by atoms with Gasteiger partial charge in [0.25, 0.3) is 5.91 Å².